The van der Waals surface area contributed by atoms with Crippen molar-refractivity contribution < 1.29 is 9.53 Å². The summed E-state index contributed by atoms with van der Waals surface area (Å²) in [5, 5.41) is 1.40. The van der Waals surface area contributed by atoms with Crippen molar-refractivity contribution in [2.24, 2.45) is 11.3 Å². The number of hydrogen-bond acceptors (Lipinski definition) is 6. The second-order valence-electron chi connectivity index (χ2n) is 9.03. The van der Waals surface area contributed by atoms with Gasteiger partial charge in [0, 0.05) is 10.6 Å². The van der Waals surface area contributed by atoms with Crippen LogP contribution in [0.1, 0.15) is 44.1 Å². The largest absolute Gasteiger partial charge is 0.469 e. The number of para-hydroxylation sites is 1. The number of aromatic nitrogens is 2. The lowest BCUT2D eigenvalue weighted by Gasteiger charge is -2.33. The monoisotopic (exact) mass is 456 g/mol. The molecular formula is C24H28N2O3S2. The Kier molecular flexibility index (Phi) is 6.26. The van der Waals surface area contributed by atoms with Crippen molar-refractivity contribution in [2.45, 2.75) is 51.6 Å². The molecule has 3 aromatic rings. The average molecular weight is 457 g/mol. The predicted octanol–water partition coefficient (Wildman–Crippen LogP) is 5.25. The number of thioether (sulfide) groups is 1. The summed E-state index contributed by atoms with van der Waals surface area (Å²) in [5.41, 5.74) is 2.23. The van der Waals surface area contributed by atoms with E-state index in [9.17, 15) is 9.59 Å². The van der Waals surface area contributed by atoms with Crippen LogP contribution >= 0.6 is 23.1 Å². The van der Waals surface area contributed by atoms with E-state index >= 15 is 0 Å². The highest BCUT2D eigenvalue weighted by molar-refractivity contribution is 7.99. The third-order valence-corrected chi connectivity index (χ3v) is 8.14. The number of carbonyl (C=O) groups excluding carboxylic acids is 1. The van der Waals surface area contributed by atoms with Gasteiger partial charge in [0.25, 0.3) is 5.56 Å². The number of carbonyl (C=O) groups is 1. The third-order valence-electron chi connectivity index (χ3n) is 6.06. The Morgan fingerprint density at radius 1 is 1.29 bits per heavy atom. The summed E-state index contributed by atoms with van der Waals surface area (Å²) in [4.78, 5) is 32.3. The van der Waals surface area contributed by atoms with E-state index in [-0.39, 0.29) is 23.4 Å². The minimum atomic E-state index is -0.262. The van der Waals surface area contributed by atoms with Crippen LogP contribution in [-0.4, -0.2) is 28.4 Å². The molecule has 1 aromatic carbocycles. The van der Waals surface area contributed by atoms with Crippen LogP contribution in [0.25, 0.3) is 15.9 Å². The SMILES string of the molecule is COC(=O)CCSc1nc2sc3c(c2c(=O)n1-c1ccccc1)CC[C@H](C(C)(C)C)C3. The van der Waals surface area contributed by atoms with Gasteiger partial charge in [-0.25, -0.2) is 4.98 Å². The fourth-order valence-corrected chi connectivity index (χ4v) is 6.45. The van der Waals surface area contributed by atoms with E-state index in [1.807, 2.05) is 30.3 Å². The molecule has 0 spiro atoms. The van der Waals surface area contributed by atoms with Gasteiger partial charge >= 0.3 is 5.97 Å². The first kappa shape index (κ1) is 22.1. The number of hydrogen-bond donors (Lipinski definition) is 0. The minimum Gasteiger partial charge on any atom is -0.469 e. The Balaban J connectivity index is 1.81. The zero-order valence-electron chi connectivity index (χ0n) is 18.4. The Hall–Kier alpha value is -2.12. The van der Waals surface area contributed by atoms with Crippen molar-refractivity contribution in [3.05, 3.63) is 51.1 Å². The van der Waals surface area contributed by atoms with Gasteiger partial charge in [-0.15, -0.1) is 11.3 Å². The van der Waals surface area contributed by atoms with Crippen molar-refractivity contribution >= 4 is 39.3 Å². The fourth-order valence-electron chi connectivity index (χ4n) is 4.17. The van der Waals surface area contributed by atoms with E-state index < -0.39 is 0 Å². The van der Waals surface area contributed by atoms with Gasteiger partial charge in [0.05, 0.1) is 24.6 Å². The maximum atomic E-state index is 13.7. The van der Waals surface area contributed by atoms with Crippen molar-refractivity contribution in [3.63, 3.8) is 0 Å². The van der Waals surface area contributed by atoms with Crippen molar-refractivity contribution in [3.8, 4) is 5.69 Å². The molecule has 164 valence electrons. The van der Waals surface area contributed by atoms with E-state index in [2.05, 4.69) is 20.8 Å². The van der Waals surface area contributed by atoms with Gasteiger partial charge in [-0.2, -0.15) is 0 Å². The molecule has 1 aliphatic carbocycles. The molecule has 0 fully saturated rings. The predicted molar refractivity (Wildman–Crippen MR) is 128 cm³/mol. The molecule has 2 aromatic heterocycles. The summed E-state index contributed by atoms with van der Waals surface area (Å²) in [6.45, 7) is 6.89. The summed E-state index contributed by atoms with van der Waals surface area (Å²) in [5.74, 6) is 0.856. The van der Waals surface area contributed by atoms with Gasteiger partial charge in [-0.1, -0.05) is 50.7 Å². The van der Waals surface area contributed by atoms with Crippen LogP contribution in [0.5, 0.6) is 0 Å². The van der Waals surface area contributed by atoms with Crippen LogP contribution in [0.2, 0.25) is 0 Å². The van der Waals surface area contributed by atoms with Gasteiger partial charge in [0.15, 0.2) is 5.16 Å². The van der Waals surface area contributed by atoms with Crippen LogP contribution in [-0.2, 0) is 22.4 Å². The van der Waals surface area contributed by atoms with E-state index in [0.717, 1.165) is 35.2 Å². The number of fused-ring (bicyclic) bond motifs is 3. The molecule has 0 unspecified atom stereocenters. The highest BCUT2D eigenvalue weighted by atomic mass is 32.2. The summed E-state index contributed by atoms with van der Waals surface area (Å²) in [7, 11) is 1.39. The second-order valence-corrected chi connectivity index (χ2v) is 11.2. The first-order valence-electron chi connectivity index (χ1n) is 10.6. The lowest BCUT2D eigenvalue weighted by molar-refractivity contribution is -0.140. The number of aryl methyl sites for hydroxylation is 1. The summed E-state index contributed by atoms with van der Waals surface area (Å²) < 4.78 is 6.45. The molecule has 0 saturated heterocycles. The van der Waals surface area contributed by atoms with Crippen molar-refractivity contribution in [2.75, 3.05) is 12.9 Å². The van der Waals surface area contributed by atoms with Crippen molar-refractivity contribution in [1.82, 2.24) is 9.55 Å². The van der Waals surface area contributed by atoms with Gasteiger partial charge in [0.2, 0.25) is 0 Å². The zero-order valence-corrected chi connectivity index (χ0v) is 20.1. The molecule has 1 atom stereocenters. The number of nitrogens with zero attached hydrogens (tertiary/aromatic N) is 2. The number of esters is 1. The van der Waals surface area contributed by atoms with Crippen molar-refractivity contribution in [1.29, 1.82) is 0 Å². The number of rotatable bonds is 5. The van der Waals surface area contributed by atoms with Crippen LogP contribution in [0.4, 0.5) is 0 Å². The number of ether oxygens (including phenoxy) is 1. The summed E-state index contributed by atoms with van der Waals surface area (Å²) in [6.07, 6.45) is 3.31. The molecule has 0 N–H and O–H groups in total. The van der Waals surface area contributed by atoms with Crippen LogP contribution < -0.4 is 5.56 Å². The number of benzene rings is 1. The second kappa shape index (κ2) is 8.79. The standard InChI is InChI=1S/C24H28N2O3S2/c1-24(2,3)15-10-11-17-18(14-15)31-21-20(17)22(28)26(16-8-6-5-7-9-16)23(25-21)30-13-12-19(27)29-4/h5-9,15H,10-14H2,1-4H3/t15-/m0/s1. The number of thiophene rings is 1. The molecule has 2 heterocycles. The van der Waals surface area contributed by atoms with E-state index in [1.165, 1.54) is 29.3 Å². The molecule has 1 aliphatic rings. The average Bonchev–Trinajstić information content (AvgIpc) is 3.11. The lowest BCUT2D eigenvalue weighted by atomic mass is 9.72. The van der Waals surface area contributed by atoms with Gasteiger partial charge in [0.1, 0.15) is 4.83 Å². The van der Waals surface area contributed by atoms with E-state index in [0.29, 0.717) is 16.8 Å². The third kappa shape index (κ3) is 4.44. The molecule has 0 aliphatic heterocycles. The quantitative estimate of drug-likeness (QED) is 0.298. The van der Waals surface area contributed by atoms with Gasteiger partial charge in [-0.05, 0) is 48.3 Å². The minimum absolute atomic E-state index is 0.0107. The maximum Gasteiger partial charge on any atom is 0.306 e. The highest BCUT2D eigenvalue weighted by Crippen LogP contribution is 2.42. The molecule has 5 nitrogen and oxygen atoms in total. The van der Waals surface area contributed by atoms with E-state index in [4.69, 9.17) is 9.72 Å². The maximum absolute atomic E-state index is 13.7. The molecule has 4 rings (SSSR count). The van der Waals surface area contributed by atoms with Gasteiger partial charge < -0.3 is 4.74 Å². The molecular weight excluding hydrogens is 428 g/mol. The summed E-state index contributed by atoms with van der Waals surface area (Å²) in [6, 6.07) is 9.63. The van der Waals surface area contributed by atoms with Crippen LogP contribution in [0.15, 0.2) is 40.3 Å². The van der Waals surface area contributed by atoms with Crippen LogP contribution in [0, 0.1) is 11.3 Å². The van der Waals surface area contributed by atoms with Gasteiger partial charge in [-0.3, -0.25) is 14.2 Å². The molecule has 31 heavy (non-hydrogen) atoms. The molecule has 0 saturated carbocycles. The molecule has 0 radical (unpaired) electrons. The zero-order chi connectivity index (χ0) is 22.2. The topological polar surface area (TPSA) is 61.2 Å². The Labute approximate surface area is 190 Å². The Bertz CT molecular complexity index is 1160. The highest BCUT2D eigenvalue weighted by Gasteiger charge is 2.32. The van der Waals surface area contributed by atoms with E-state index in [1.54, 1.807) is 15.9 Å². The Morgan fingerprint density at radius 2 is 2.03 bits per heavy atom. The molecule has 0 bridgehead atoms. The molecule has 0 amide bonds. The number of methoxy groups -OCH3 is 1. The first-order valence-corrected chi connectivity index (χ1v) is 12.4. The van der Waals surface area contributed by atoms with Crippen LogP contribution in [0.3, 0.4) is 0 Å². The first-order chi connectivity index (χ1) is 14.8. The fraction of sp³-hybridized carbons (Fsp3) is 0.458. The smallest absolute Gasteiger partial charge is 0.306 e. The Morgan fingerprint density at radius 3 is 2.71 bits per heavy atom. The summed E-state index contributed by atoms with van der Waals surface area (Å²) >= 11 is 3.09. The lowest BCUT2D eigenvalue weighted by Crippen LogP contribution is -2.27. The molecule has 7 heteroatoms. The normalized spacial score (nSPS) is 16.3.